The Balaban J connectivity index is 1.81. The second-order valence-corrected chi connectivity index (χ2v) is 8.05. The van der Waals surface area contributed by atoms with E-state index in [1.165, 1.54) is 4.31 Å². The maximum absolute atomic E-state index is 13.0. The van der Waals surface area contributed by atoms with Gasteiger partial charge in [0.25, 0.3) is 0 Å². The second kappa shape index (κ2) is 7.88. The van der Waals surface area contributed by atoms with Gasteiger partial charge < -0.3 is 10.1 Å². The van der Waals surface area contributed by atoms with Gasteiger partial charge in [0, 0.05) is 12.2 Å². The molecule has 1 aliphatic heterocycles. The molecule has 6 nitrogen and oxygen atoms in total. The Bertz CT molecular complexity index is 851. The maximum atomic E-state index is 13.0. The van der Waals surface area contributed by atoms with Gasteiger partial charge in [0.05, 0.1) is 12.0 Å². The smallest absolute Gasteiger partial charge is 0.243 e. The molecule has 0 aromatic heterocycles. The van der Waals surface area contributed by atoms with Crippen molar-refractivity contribution in [1.29, 1.82) is 0 Å². The minimum atomic E-state index is -3.71. The molecular formula is C19H22N2O4S. The van der Waals surface area contributed by atoms with E-state index >= 15 is 0 Å². The predicted molar refractivity (Wildman–Crippen MR) is 99.6 cm³/mol. The van der Waals surface area contributed by atoms with Crippen molar-refractivity contribution in [2.75, 3.05) is 19.0 Å². The summed E-state index contributed by atoms with van der Waals surface area (Å²) >= 11 is 0. The number of sulfonamides is 1. The number of benzene rings is 2. The molecule has 1 atom stereocenters. The Kier molecular flexibility index (Phi) is 5.58. The van der Waals surface area contributed by atoms with Gasteiger partial charge in [-0.15, -0.1) is 0 Å². The van der Waals surface area contributed by atoms with Crippen molar-refractivity contribution in [3.05, 3.63) is 54.6 Å². The van der Waals surface area contributed by atoms with Gasteiger partial charge in [0.15, 0.2) is 0 Å². The Morgan fingerprint density at radius 2 is 1.77 bits per heavy atom. The molecule has 2 aromatic carbocycles. The number of amides is 1. The summed E-state index contributed by atoms with van der Waals surface area (Å²) < 4.78 is 32.4. The van der Waals surface area contributed by atoms with Gasteiger partial charge >= 0.3 is 0 Å². The quantitative estimate of drug-likeness (QED) is 0.873. The fourth-order valence-corrected chi connectivity index (χ4v) is 4.76. The first-order valence-corrected chi connectivity index (χ1v) is 9.98. The number of carbonyl (C=O) groups excluding carboxylic acids is 1. The van der Waals surface area contributed by atoms with E-state index in [1.807, 2.05) is 0 Å². The van der Waals surface area contributed by atoms with Crippen molar-refractivity contribution >= 4 is 21.6 Å². The monoisotopic (exact) mass is 374 g/mol. The number of ether oxygens (including phenoxy) is 1. The molecular weight excluding hydrogens is 352 g/mol. The van der Waals surface area contributed by atoms with E-state index in [0.29, 0.717) is 24.4 Å². The highest BCUT2D eigenvalue weighted by molar-refractivity contribution is 7.89. The third kappa shape index (κ3) is 3.89. The number of hydrogen-bond donors (Lipinski definition) is 1. The molecule has 1 N–H and O–H groups in total. The second-order valence-electron chi connectivity index (χ2n) is 6.16. The molecule has 0 aliphatic carbocycles. The van der Waals surface area contributed by atoms with Crippen molar-refractivity contribution in [3.8, 4) is 5.75 Å². The van der Waals surface area contributed by atoms with Gasteiger partial charge in [-0.3, -0.25) is 4.79 Å². The lowest BCUT2D eigenvalue weighted by Gasteiger charge is -2.33. The van der Waals surface area contributed by atoms with Gasteiger partial charge in [-0.05, 0) is 49.2 Å². The predicted octanol–water partition coefficient (Wildman–Crippen LogP) is 2.88. The maximum Gasteiger partial charge on any atom is 0.243 e. The standard InChI is InChI=1S/C19H22N2O4S/c1-25-16-12-10-15(11-13-16)20-19(22)18-9-5-6-14-21(18)26(23,24)17-7-3-2-4-8-17/h2-4,7-8,10-13,18H,5-6,9,14H2,1H3,(H,20,22). The van der Waals surface area contributed by atoms with Gasteiger partial charge in [-0.2, -0.15) is 4.31 Å². The van der Waals surface area contributed by atoms with Crippen molar-refractivity contribution in [2.45, 2.75) is 30.2 Å². The fourth-order valence-electron chi connectivity index (χ4n) is 3.08. The third-order valence-corrected chi connectivity index (χ3v) is 6.39. The van der Waals surface area contributed by atoms with E-state index in [2.05, 4.69) is 5.32 Å². The zero-order valence-electron chi connectivity index (χ0n) is 14.6. The summed E-state index contributed by atoms with van der Waals surface area (Å²) in [5.74, 6) is 0.378. The fraction of sp³-hybridized carbons (Fsp3) is 0.316. The van der Waals surface area contributed by atoms with Crippen LogP contribution in [0.15, 0.2) is 59.5 Å². The largest absolute Gasteiger partial charge is 0.497 e. The zero-order chi connectivity index (χ0) is 18.6. The number of nitrogens with zero attached hydrogens (tertiary/aromatic N) is 1. The number of piperidine rings is 1. The molecule has 2 aromatic rings. The minimum absolute atomic E-state index is 0.212. The van der Waals surface area contributed by atoms with Crippen molar-refractivity contribution in [2.24, 2.45) is 0 Å². The molecule has 138 valence electrons. The van der Waals surface area contributed by atoms with E-state index in [0.717, 1.165) is 12.8 Å². The lowest BCUT2D eigenvalue weighted by atomic mass is 10.0. The molecule has 1 fully saturated rings. The van der Waals surface area contributed by atoms with Crippen LogP contribution in [0.4, 0.5) is 5.69 Å². The van der Waals surface area contributed by atoms with Crippen LogP contribution in [0.3, 0.4) is 0 Å². The summed E-state index contributed by atoms with van der Waals surface area (Å²) in [5, 5.41) is 2.82. The molecule has 0 radical (unpaired) electrons. The van der Waals surface area contributed by atoms with Gasteiger partial charge in [0.1, 0.15) is 11.8 Å². The number of anilines is 1. The molecule has 1 unspecified atom stereocenters. The lowest BCUT2D eigenvalue weighted by Crippen LogP contribution is -2.49. The molecule has 1 amide bonds. The molecule has 7 heteroatoms. The van der Waals surface area contributed by atoms with Crippen LogP contribution in [0.1, 0.15) is 19.3 Å². The Hall–Kier alpha value is -2.38. The SMILES string of the molecule is COc1ccc(NC(=O)C2CCCCN2S(=O)(=O)c2ccccc2)cc1. The van der Waals surface area contributed by atoms with Crippen LogP contribution in [0, 0.1) is 0 Å². The number of nitrogens with one attached hydrogen (secondary N) is 1. The van der Waals surface area contributed by atoms with Gasteiger partial charge in [-0.1, -0.05) is 24.6 Å². The van der Waals surface area contributed by atoms with Gasteiger partial charge in [0.2, 0.25) is 15.9 Å². The van der Waals surface area contributed by atoms with E-state index in [1.54, 1.807) is 61.7 Å². The molecule has 26 heavy (non-hydrogen) atoms. The summed E-state index contributed by atoms with van der Waals surface area (Å²) in [4.78, 5) is 13.0. The number of methoxy groups -OCH3 is 1. The van der Waals surface area contributed by atoms with Crippen LogP contribution in [-0.4, -0.2) is 38.3 Å². The molecule has 3 rings (SSSR count). The average Bonchev–Trinajstić information content (AvgIpc) is 2.69. The number of rotatable bonds is 5. The average molecular weight is 374 g/mol. The first kappa shape index (κ1) is 18.4. The van der Waals surface area contributed by atoms with Crippen molar-refractivity contribution in [1.82, 2.24) is 4.31 Å². The van der Waals surface area contributed by atoms with E-state index in [4.69, 9.17) is 4.74 Å². The summed E-state index contributed by atoms with van der Waals surface area (Å²) in [6.07, 6.45) is 2.08. The molecule has 0 saturated carbocycles. The van der Waals surface area contributed by atoms with E-state index in [9.17, 15) is 13.2 Å². The van der Waals surface area contributed by atoms with Gasteiger partial charge in [-0.25, -0.2) is 8.42 Å². The van der Waals surface area contributed by atoms with Crippen LogP contribution in [0.5, 0.6) is 5.75 Å². The molecule has 1 aliphatic rings. The summed E-state index contributed by atoms with van der Waals surface area (Å²) in [6.45, 7) is 0.345. The molecule has 0 spiro atoms. The topological polar surface area (TPSA) is 75.7 Å². The van der Waals surface area contributed by atoms with Crippen LogP contribution >= 0.6 is 0 Å². The van der Waals surface area contributed by atoms with Crippen LogP contribution in [0.2, 0.25) is 0 Å². The first-order chi connectivity index (χ1) is 12.5. The first-order valence-electron chi connectivity index (χ1n) is 8.54. The lowest BCUT2D eigenvalue weighted by molar-refractivity contribution is -0.120. The zero-order valence-corrected chi connectivity index (χ0v) is 15.4. The molecule has 0 bridgehead atoms. The Morgan fingerprint density at radius 1 is 1.08 bits per heavy atom. The number of hydrogen-bond acceptors (Lipinski definition) is 4. The highest BCUT2D eigenvalue weighted by Crippen LogP contribution is 2.26. The Morgan fingerprint density at radius 3 is 2.42 bits per heavy atom. The Labute approximate surface area is 153 Å². The highest BCUT2D eigenvalue weighted by Gasteiger charge is 2.37. The highest BCUT2D eigenvalue weighted by atomic mass is 32.2. The van der Waals surface area contributed by atoms with Crippen LogP contribution in [0.25, 0.3) is 0 Å². The van der Waals surface area contributed by atoms with E-state index < -0.39 is 16.1 Å². The van der Waals surface area contributed by atoms with Crippen LogP contribution < -0.4 is 10.1 Å². The van der Waals surface area contributed by atoms with Crippen molar-refractivity contribution in [3.63, 3.8) is 0 Å². The molecule has 1 heterocycles. The third-order valence-electron chi connectivity index (χ3n) is 4.46. The molecule has 1 saturated heterocycles. The van der Waals surface area contributed by atoms with Crippen LogP contribution in [-0.2, 0) is 14.8 Å². The normalized spacial score (nSPS) is 18.3. The number of carbonyl (C=O) groups is 1. The summed E-state index contributed by atoms with van der Waals surface area (Å²) in [6, 6.07) is 14.5. The van der Waals surface area contributed by atoms with E-state index in [-0.39, 0.29) is 10.8 Å². The minimum Gasteiger partial charge on any atom is -0.497 e. The van der Waals surface area contributed by atoms with Crippen molar-refractivity contribution < 1.29 is 17.9 Å². The summed E-state index contributed by atoms with van der Waals surface area (Å²) in [5.41, 5.74) is 0.610. The summed E-state index contributed by atoms with van der Waals surface area (Å²) in [7, 11) is -2.14.